The van der Waals surface area contributed by atoms with E-state index in [0.717, 1.165) is 31.9 Å². The summed E-state index contributed by atoms with van der Waals surface area (Å²) in [7, 11) is -3.60. The Morgan fingerprint density at radius 1 is 1.05 bits per heavy atom. The van der Waals surface area contributed by atoms with Crippen LogP contribution in [0.2, 0.25) is 10.0 Å². The molecule has 1 aliphatic rings. The van der Waals surface area contributed by atoms with Crippen LogP contribution < -0.4 is 14.4 Å². The summed E-state index contributed by atoms with van der Waals surface area (Å²) in [5, 5.41) is 3.94. The molecule has 0 bridgehead atoms. The van der Waals surface area contributed by atoms with Gasteiger partial charge in [-0.15, -0.1) is 0 Å². The number of benzene rings is 2. The summed E-state index contributed by atoms with van der Waals surface area (Å²) in [5.41, 5.74) is 1.05. The van der Waals surface area contributed by atoms with Crippen LogP contribution >= 0.6 is 23.2 Å². The van der Waals surface area contributed by atoms with Gasteiger partial charge in [0.05, 0.1) is 18.6 Å². The first-order chi connectivity index (χ1) is 19.0. The topological polar surface area (TPSA) is 96.0 Å². The second kappa shape index (κ2) is 14.9. The lowest BCUT2D eigenvalue weighted by atomic mass is 10.1. The normalized spacial score (nSPS) is 14.5. The summed E-state index contributed by atoms with van der Waals surface area (Å²) in [6.07, 6.45) is 5.85. The number of nitrogens with one attached hydrogen (secondary N) is 1. The van der Waals surface area contributed by atoms with Gasteiger partial charge in [0.2, 0.25) is 21.8 Å². The SMILES string of the molecule is CCOc1ccc(N(CCCC(=O)N(Cc2c(Cl)cccc2Cl)C(CC)C(=O)NC2CCCC2)S(C)(=O)=O)cc1. The predicted molar refractivity (Wildman–Crippen MR) is 161 cm³/mol. The van der Waals surface area contributed by atoms with E-state index in [9.17, 15) is 18.0 Å². The molecule has 2 aromatic rings. The third-order valence-electron chi connectivity index (χ3n) is 7.07. The van der Waals surface area contributed by atoms with E-state index in [1.165, 1.54) is 9.21 Å². The summed E-state index contributed by atoms with van der Waals surface area (Å²) in [6.45, 7) is 4.42. The maximum atomic E-state index is 13.7. The lowest BCUT2D eigenvalue weighted by Gasteiger charge is -2.32. The molecule has 2 aromatic carbocycles. The minimum absolute atomic E-state index is 0.0400. The van der Waals surface area contributed by atoms with E-state index < -0.39 is 16.1 Å². The third kappa shape index (κ3) is 8.75. The number of sulfonamides is 1. The third-order valence-corrected chi connectivity index (χ3v) is 8.97. The standard InChI is InChI=1S/C29H39Cl2N3O5S/c1-4-27(29(36)32-21-10-6-7-11-21)33(20-24-25(30)12-8-13-26(24)31)28(35)14-9-19-34(40(3,37)38)22-15-17-23(18-16-22)39-5-2/h8,12-13,15-18,21,27H,4-7,9-11,14,19-20H2,1-3H3,(H,32,36). The molecule has 0 saturated heterocycles. The van der Waals surface area contributed by atoms with Gasteiger partial charge in [-0.25, -0.2) is 8.42 Å². The molecule has 11 heteroatoms. The molecule has 1 atom stereocenters. The van der Waals surface area contributed by atoms with E-state index in [0.29, 0.717) is 40.1 Å². The van der Waals surface area contributed by atoms with Crippen molar-refractivity contribution >= 4 is 50.7 Å². The maximum absolute atomic E-state index is 13.7. The Morgan fingerprint density at radius 2 is 1.68 bits per heavy atom. The number of ether oxygens (including phenoxy) is 1. The minimum atomic E-state index is -3.60. The lowest BCUT2D eigenvalue weighted by molar-refractivity contribution is -0.141. The number of hydrogen-bond donors (Lipinski definition) is 1. The highest BCUT2D eigenvalue weighted by atomic mass is 35.5. The molecule has 0 aromatic heterocycles. The van der Waals surface area contributed by atoms with Crippen LogP contribution in [0.5, 0.6) is 5.75 Å². The van der Waals surface area contributed by atoms with Gasteiger partial charge in [0.1, 0.15) is 11.8 Å². The number of rotatable bonds is 14. The molecule has 1 unspecified atom stereocenters. The number of nitrogens with zero attached hydrogens (tertiary/aromatic N) is 2. The van der Waals surface area contributed by atoms with Crippen molar-refractivity contribution in [1.82, 2.24) is 10.2 Å². The quantitative estimate of drug-likeness (QED) is 0.291. The molecule has 1 N–H and O–H groups in total. The molecule has 2 amide bonds. The van der Waals surface area contributed by atoms with Crippen LogP contribution in [-0.2, 0) is 26.2 Å². The van der Waals surface area contributed by atoms with Gasteiger partial charge < -0.3 is 15.0 Å². The van der Waals surface area contributed by atoms with Crippen molar-refractivity contribution in [1.29, 1.82) is 0 Å². The van der Waals surface area contributed by atoms with Crippen molar-refractivity contribution < 1.29 is 22.7 Å². The van der Waals surface area contributed by atoms with Crippen LogP contribution in [0.4, 0.5) is 5.69 Å². The molecule has 1 saturated carbocycles. The number of carbonyl (C=O) groups is 2. The molecule has 1 aliphatic carbocycles. The average molecular weight is 613 g/mol. The monoisotopic (exact) mass is 611 g/mol. The van der Waals surface area contributed by atoms with Crippen LogP contribution in [0.25, 0.3) is 0 Å². The Balaban J connectivity index is 1.78. The number of halogens is 2. The second-order valence-electron chi connectivity index (χ2n) is 10.0. The van der Waals surface area contributed by atoms with E-state index in [1.807, 2.05) is 13.8 Å². The van der Waals surface area contributed by atoms with Gasteiger partial charge >= 0.3 is 0 Å². The lowest BCUT2D eigenvalue weighted by Crippen LogP contribution is -2.51. The first kappa shape index (κ1) is 32.0. The van der Waals surface area contributed by atoms with Crippen molar-refractivity contribution in [3.05, 3.63) is 58.1 Å². The van der Waals surface area contributed by atoms with Gasteiger partial charge in [-0.05, 0) is 69.0 Å². The Labute approximate surface area is 248 Å². The van der Waals surface area contributed by atoms with Crippen molar-refractivity contribution in [3.8, 4) is 5.75 Å². The molecule has 0 heterocycles. The van der Waals surface area contributed by atoms with Crippen LogP contribution in [0, 0.1) is 0 Å². The molecule has 0 aliphatic heterocycles. The largest absolute Gasteiger partial charge is 0.494 e. The fraction of sp³-hybridized carbons (Fsp3) is 0.517. The highest BCUT2D eigenvalue weighted by Crippen LogP contribution is 2.28. The van der Waals surface area contributed by atoms with Crippen molar-refractivity contribution in [2.75, 3.05) is 23.7 Å². The van der Waals surface area contributed by atoms with Gasteiger partial charge in [-0.1, -0.05) is 49.0 Å². The highest BCUT2D eigenvalue weighted by molar-refractivity contribution is 7.92. The van der Waals surface area contributed by atoms with Crippen molar-refractivity contribution in [2.45, 2.75) is 77.4 Å². The van der Waals surface area contributed by atoms with E-state index in [-0.39, 0.29) is 43.8 Å². The van der Waals surface area contributed by atoms with Crippen molar-refractivity contribution in [2.24, 2.45) is 0 Å². The Kier molecular flexibility index (Phi) is 12.0. The zero-order chi connectivity index (χ0) is 29.3. The molecule has 40 heavy (non-hydrogen) atoms. The number of hydrogen-bond acceptors (Lipinski definition) is 5. The van der Waals surface area contributed by atoms with Crippen LogP contribution in [0.15, 0.2) is 42.5 Å². The summed E-state index contributed by atoms with van der Waals surface area (Å²) >= 11 is 12.9. The molecule has 0 spiro atoms. The van der Waals surface area contributed by atoms with Gasteiger partial charge in [-0.3, -0.25) is 13.9 Å². The fourth-order valence-electron chi connectivity index (χ4n) is 5.02. The van der Waals surface area contributed by atoms with Gasteiger partial charge in [0, 0.05) is 41.2 Å². The fourth-order valence-corrected chi connectivity index (χ4v) is 6.50. The summed E-state index contributed by atoms with van der Waals surface area (Å²) < 4.78 is 31.9. The first-order valence-electron chi connectivity index (χ1n) is 13.8. The Morgan fingerprint density at radius 3 is 2.23 bits per heavy atom. The minimum Gasteiger partial charge on any atom is -0.494 e. The van der Waals surface area contributed by atoms with Gasteiger partial charge in [0.25, 0.3) is 0 Å². The molecule has 3 rings (SSSR count). The summed E-state index contributed by atoms with van der Waals surface area (Å²) in [4.78, 5) is 28.5. The Hall–Kier alpha value is -2.49. The molecule has 8 nitrogen and oxygen atoms in total. The Bertz CT molecular complexity index is 1230. The molecular formula is C29H39Cl2N3O5S. The molecule has 0 radical (unpaired) electrons. The molecule has 220 valence electrons. The van der Waals surface area contributed by atoms with Gasteiger partial charge in [0.15, 0.2) is 0 Å². The van der Waals surface area contributed by atoms with E-state index in [2.05, 4.69) is 5.32 Å². The molecular weight excluding hydrogens is 573 g/mol. The van der Waals surface area contributed by atoms with E-state index >= 15 is 0 Å². The van der Waals surface area contributed by atoms with Crippen molar-refractivity contribution in [3.63, 3.8) is 0 Å². The zero-order valence-corrected chi connectivity index (χ0v) is 25.7. The van der Waals surface area contributed by atoms with E-state index in [1.54, 1.807) is 42.5 Å². The zero-order valence-electron chi connectivity index (χ0n) is 23.4. The predicted octanol–water partition coefficient (Wildman–Crippen LogP) is 5.80. The molecule has 1 fully saturated rings. The van der Waals surface area contributed by atoms with E-state index in [4.69, 9.17) is 27.9 Å². The van der Waals surface area contributed by atoms with Crippen LogP contribution in [-0.4, -0.2) is 56.6 Å². The smallest absolute Gasteiger partial charge is 0.243 e. The van der Waals surface area contributed by atoms with Crippen LogP contribution in [0.1, 0.15) is 64.4 Å². The number of amides is 2. The number of anilines is 1. The average Bonchev–Trinajstić information content (AvgIpc) is 3.41. The highest BCUT2D eigenvalue weighted by Gasteiger charge is 2.31. The van der Waals surface area contributed by atoms with Crippen LogP contribution in [0.3, 0.4) is 0 Å². The van der Waals surface area contributed by atoms with Gasteiger partial charge in [-0.2, -0.15) is 0 Å². The summed E-state index contributed by atoms with van der Waals surface area (Å²) in [5.74, 6) is 0.174. The summed E-state index contributed by atoms with van der Waals surface area (Å²) in [6, 6.07) is 11.3. The number of carbonyl (C=O) groups excluding carboxylic acids is 2. The second-order valence-corrected chi connectivity index (χ2v) is 12.7. The maximum Gasteiger partial charge on any atom is 0.243 e. The first-order valence-corrected chi connectivity index (χ1v) is 16.4.